The van der Waals surface area contributed by atoms with Crippen molar-refractivity contribution in [2.24, 2.45) is 0 Å². The van der Waals surface area contributed by atoms with Crippen LogP contribution < -0.4 is 0 Å². The van der Waals surface area contributed by atoms with Crippen LogP contribution in [0.2, 0.25) is 5.82 Å². The van der Waals surface area contributed by atoms with Gasteiger partial charge in [-0.05, 0) is 0 Å². The van der Waals surface area contributed by atoms with Gasteiger partial charge in [0.1, 0.15) is 0 Å². The molecular weight excluding hydrogens is 255 g/mol. The Balaban J connectivity index is 2.44. The van der Waals surface area contributed by atoms with Gasteiger partial charge in [0.05, 0.1) is 0 Å². The molecule has 1 aliphatic rings. The Morgan fingerprint density at radius 3 is 3.00 bits per heavy atom. The van der Waals surface area contributed by atoms with Crippen LogP contribution in [0.4, 0.5) is 0 Å². The molecule has 0 aliphatic heterocycles. The van der Waals surface area contributed by atoms with E-state index >= 15 is 0 Å². The number of likely N-dealkylation sites (N-methyl/N-ethyl adjacent to an activating group) is 1. The zero-order valence-electron chi connectivity index (χ0n) is 9.19. The molecule has 82 valence electrons. The van der Waals surface area contributed by atoms with E-state index in [1.165, 1.54) is 0 Å². The van der Waals surface area contributed by atoms with Crippen molar-refractivity contribution in [1.29, 1.82) is 5.26 Å². The van der Waals surface area contributed by atoms with E-state index in [2.05, 4.69) is 11.0 Å². The normalized spacial score (nSPS) is 20.9. The van der Waals surface area contributed by atoms with E-state index in [-0.39, 0.29) is 15.0 Å². The molecule has 15 heavy (non-hydrogen) atoms. The second-order valence-corrected chi connectivity index (χ2v) is 5.57. The minimum atomic E-state index is 0.108. The van der Waals surface area contributed by atoms with E-state index in [0.717, 1.165) is 24.8 Å². The first-order valence-corrected chi connectivity index (χ1v) is 7.60. The Bertz CT molecular complexity index is 306. The summed E-state index contributed by atoms with van der Waals surface area (Å²) in [6.07, 6.45) is 4.77. The number of carbonyl (C=O) groups excluding carboxylic acids is 1. The van der Waals surface area contributed by atoms with Crippen LogP contribution in [0.25, 0.3) is 0 Å². The molecule has 0 aromatic rings. The summed E-state index contributed by atoms with van der Waals surface area (Å²) in [7, 11) is 2.00. The molecule has 0 fully saturated rings. The SMILES string of the molecule is C[Se]C(=O)CN(C)C1CC=C(C#N)CC1. The number of carbonyl (C=O) groups is 1. The molecule has 0 spiro atoms. The Kier molecular flexibility index (Phi) is 5.04. The second-order valence-electron chi connectivity index (χ2n) is 3.76. The third kappa shape index (κ3) is 3.79. The fourth-order valence-electron chi connectivity index (χ4n) is 1.72. The average molecular weight is 271 g/mol. The van der Waals surface area contributed by atoms with Crippen LogP contribution in [0, 0.1) is 11.3 Å². The molecule has 0 saturated carbocycles. The average Bonchev–Trinajstić information content (AvgIpc) is 2.29. The van der Waals surface area contributed by atoms with Gasteiger partial charge in [0.25, 0.3) is 0 Å². The summed E-state index contributed by atoms with van der Waals surface area (Å²) in [6, 6.07) is 2.63. The monoisotopic (exact) mass is 272 g/mol. The minimum absolute atomic E-state index is 0.108. The van der Waals surface area contributed by atoms with Crippen molar-refractivity contribution in [1.82, 2.24) is 4.90 Å². The van der Waals surface area contributed by atoms with Gasteiger partial charge in [0, 0.05) is 0 Å². The Morgan fingerprint density at radius 2 is 2.53 bits per heavy atom. The van der Waals surface area contributed by atoms with Crippen molar-refractivity contribution in [3.63, 3.8) is 0 Å². The standard InChI is InChI=1S/C11H16N2OSe/c1-13(8-11(14)15-2)10-5-3-9(7-12)4-6-10/h3,10H,4-6,8H2,1-2H3. The van der Waals surface area contributed by atoms with Crippen molar-refractivity contribution in [2.45, 2.75) is 31.1 Å². The number of hydrogen-bond donors (Lipinski definition) is 0. The molecule has 0 aromatic heterocycles. The van der Waals surface area contributed by atoms with Gasteiger partial charge in [-0.2, -0.15) is 0 Å². The molecule has 0 amide bonds. The quantitative estimate of drug-likeness (QED) is 0.722. The summed E-state index contributed by atoms with van der Waals surface area (Å²) in [5, 5.41) is 8.72. The fourth-order valence-corrected chi connectivity index (χ4v) is 2.42. The van der Waals surface area contributed by atoms with Crippen LogP contribution in [0.1, 0.15) is 19.3 Å². The Labute approximate surface area is 97.3 Å². The first-order chi connectivity index (χ1) is 7.17. The van der Waals surface area contributed by atoms with E-state index < -0.39 is 0 Å². The molecule has 1 rings (SSSR count). The number of nitriles is 1. The van der Waals surface area contributed by atoms with Crippen molar-refractivity contribution < 1.29 is 4.79 Å². The molecule has 0 aromatic carbocycles. The molecule has 1 aliphatic carbocycles. The van der Waals surface area contributed by atoms with Gasteiger partial charge in [0.2, 0.25) is 0 Å². The van der Waals surface area contributed by atoms with Gasteiger partial charge in [-0.3, -0.25) is 0 Å². The molecule has 0 radical (unpaired) electrons. The van der Waals surface area contributed by atoms with Crippen LogP contribution in [-0.2, 0) is 4.79 Å². The molecule has 4 heteroatoms. The van der Waals surface area contributed by atoms with E-state index in [9.17, 15) is 4.79 Å². The maximum atomic E-state index is 11.3. The third-order valence-corrected chi connectivity index (χ3v) is 3.98. The molecule has 0 heterocycles. The number of allylic oxidation sites excluding steroid dienone is 1. The molecule has 1 atom stereocenters. The fraction of sp³-hybridized carbons (Fsp3) is 0.636. The van der Waals surface area contributed by atoms with Crippen molar-refractivity contribution in [3.8, 4) is 6.07 Å². The number of rotatable bonds is 4. The Morgan fingerprint density at radius 1 is 1.80 bits per heavy atom. The summed E-state index contributed by atoms with van der Waals surface area (Å²) in [5.41, 5.74) is 0.894. The molecule has 0 N–H and O–H groups in total. The van der Waals surface area contributed by atoms with Gasteiger partial charge >= 0.3 is 97.0 Å². The van der Waals surface area contributed by atoms with Crippen LogP contribution in [0.3, 0.4) is 0 Å². The third-order valence-electron chi connectivity index (χ3n) is 2.76. The van der Waals surface area contributed by atoms with E-state index in [4.69, 9.17) is 5.26 Å². The zero-order chi connectivity index (χ0) is 11.3. The van der Waals surface area contributed by atoms with E-state index in [1.54, 1.807) is 0 Å². The van der Waals surface area contributed by atoms with E-state index in [1.807, 2.05) is 18.9 Å². The topological polar surface area (TPSA) is 44.1 Å². The van der Waals surface area contributed by atoms with Gasteiger partial charge in [-0.15, -0.1) is 0 Å². The molecule has 1 unspecified atom stereocenters. The first kappa shape index (κ1) is 12.4. The van der Waals surface area contributed by atoms with Gasteiger partial charge in [0.15, 0.2) is 0 Å². The first-order valence-electron chi connectivity index (χ1n) is 5.03. The predicted octanol–water partition coefficient (Wildman–Crippen LogP) is 1.20. The van der Waals surface area contributed by atoms with Crippen molar-refractivity contribution >= 4 is 19.6 Å². The summed E-state index contributed by atoms with van der Waals surface area (Å²) in [5.74, 6) is 1.96. The molecule has 0 saturated heterocycles. The summed E-state index contributed by atoms with van der Waals surface area (Å²) in [6.45, 7) is 0.566. The van der Waals surface area contributed by atoms with Crippen LogP contribution >= 0.6 is 0 Å². The van der Waals surface area contributed by atoms with Crippen molar-refractivity contribution in [3.05, 3.63) is 11.6 Å². The van der Waals surface area contributed by atoms with Crippen LogP contribution in [0.15, 0.2) is 11.6 Å². The summed E-state index contributed by atoms with van der Waals surface area (Å²) >= 11 is 0.108. The summed E-state index contributed by atoms with van der Waals surface area (Å²) in [4.78, 5) is 13.4. The van der Waals surface area contributed by atoms with Crippen LogP contribution in [-0.4, -0.2) is 44.2 Å². The van der Waals surface area contributed by atoms with Gasteiger partial charge in [-0.1, -0.05) is 0 Å². The summed E-state index contributed by atoms with van der Waals surface area (Å²) < 4.78 is 0.347. The Hall–Kier alpha value is -0.621. The van der Waals surface area contributed by atoms with Crippen LogP contribution in [0.5, 0.6) is 0 Å². The van der Waals surface area contributed by atoms with E-state index in [0.29, 0.717) is 17.3 Å². The second kappa shape index (κ2) is 6.07. The zero-order valence-corrected chi connectivity index (χ0v) is 10.9. The molecule has 0 bridgehead atoms. The predicted molar refractivity (Wildman–Crippen MR) is 60.6 cm³/mol. The van der Waals surface area contributed by atoms with Crippen molar-refractivity contribution in [2.75, 3.05) is 13.6 Å². The maximum absolute atomic E-state index is 11.3. The number of hydrogen-bond acceptors (Lipinski definition) is 3. The number of nitrogens with zero attached hydrogens (tertiary/aromatic N) is 2. The van der Waals surface area contributed by atoms with Gasteiger partial charge in [-0.25, -0.2) is 0 Å². The molecular formula is C11H16N2OSe. The van der Waals surface area contributed by atoms with Gasteiger partial charge < -0.3 is 0 Å². The molecule has 3 nitrogen and oxygen atoms in total.